The molecule has 1 N–H and O–H groups in total. The van der Waals surface area contributed by atoms with Crippen LogP contribution in [0.3, 0.4) is 0 Å². The molecule has 6 nitrogen and oxygen atoms in total. The van der Waals surface area contributed by atoms with Crippen molar-refractivity contribution in [2.75, 3.05) is 5.32 Å². The lowest BCUT2D eigenvalue weighted by molar-refractivity contribution is -0.122. The number of carbonyl (C=O) groups is 2. The molecule has 4 aromatic rings. The molecular weight excluding hydrogens is 390 g/mol. The fourth-order valence-electron chi connectivity index (χ4n) is 3.12. The molecule has 0 radical (unpaired) electrons. The smallest absolute Gasteiger partial charge is 0.265 e. The first-order valence-electron chi connectivity index (χ1n) is 9.90. The molecule has 1 aromatic heterocycles. The van der Waals surface area contributed by atoms with Crippen LogP contribution >= 0.6 is 0 Å². The Labute approximate surface area is 179 Å². The van der Waals surface area contributed by atoms with E-state index in [0.29, 0.717) is 17.0 Å². The van der Waals surface area contributed by atoms with E-state index in [0.717, 1.165) is 22.3 Å². The number of anilines is 1. The Balaban J connectivity index is 1.42. The van der Waals surface area contributed by atoms with E-state index in [1.807, 2.05) is 36.4 Å². The van der Waals surface area contributed by atoms with Gasteiger partial charge in [-0.2, -0.15) is 0 Å². The number of rotatable bonds is 6. The van der Waals surface area contributed by atoms with Crippen LogP contribution in [0.2, 0.25) is 0 Å². The van der Waals surface area contributed by atoms with Crippen molar-refractivity contribution in [3.8, 4) is 17.0 Å². The number of hydrogen-bond donors (Lipinski definition) is 1. The zero-order chi connectivity index (χ0) is 21.8. The van der Waals surface area contributed by atoms with Gasteiger partial charge < -0.3 is 10.1 Å². The third-order valence-corrected chi connectivity index (χ3v) is 4.82. The lowest BCUT2D eigenvalue weighted by Crippen LogP contribution is -2.30. The number of para-hydroxylation sites is 2. The lowest BCUT2D eigenvalue weighted by Gasteiger charge is -2.15. The Kier molecular flexibility index (Phi) is 5.71. The van der Waals surface area contributed by atoms with E-state index in [2.05, 4.69) is 15.3 Å². The molecule has 1 amide bonds. The predicted molar refractivity (Wildman–Crippen MR) is 120 cm³/mol. The summed E-state index contributed by atoms with van der Waals surface area (Å²) in [6, 6.07) is 21.9. The molecule has 31 heavy (non-hydrogen) atoms. The second kappa shape index (κ2) is 8.75. The minimum atomic E-state index is -0.715. The minimum Gasteiger partial charge on any atom is -0.481 e. The van der Waals surface area contributed by atoms with Crippen LogP contribution in [-0.2, 0) is 4.79 Å². The summed E-state index contributed by atoms with van der Waals surface area (Å²) in [5.41, 5.74) is 4.45. The second-order valence-corrected chi connectivity index (χ2v) is 7.15. The van der Waals surface area contributed by atoms with E-state index in [4.69, 9.17) is 4.74 Å². The van der Waals surface area contributed by atoms with Gasteiger partial charge in [0.05, 0.1) is 22.9 Å². The fraction of sp³-hybridized carbons (Fsp3) is 0.120. The second-order valence-electron chi connectivity index (χ2n) is 7.15. The highest BCUT2D eigenvalue weighted by molar-refractivity contribution is 5.98. The number of aromatic nitrogens is 2. The Morgan fingerprint density at radius 2 is 1.68 bits per heavy atom. The van der Waals surface area contributed by atoms with Crippen molar-refractivity contribution >= 4 is 28.4 Å². The number of amides is 1. The number of nitrogens with one attached hydrogen (secondary N) is 1. The quantitative estimate of drug-likeness (QED) is 0.456. The molecule has 0 spiro atoms. The molecule has 0 aliphatic rings. The molecule has 1 heterocycles. The number of nitrogens with zero attached hydrogens (tertiary/aromatic N) is 2. The van der Waals surface area contributed by atoms with Gasteiger partial charge in [0.25, 0.3) is 5.91 Å². The average molecular weight is 411 g/mol. The first-order valence-corrected chi connectivity index (χ1v) is 9.90. The van der Waals surface area contributed by atoms with E-state index in [9.17, 15) is 9.59 Å². The molecule has 154 valence electrons. The Bertz CT molecular complexity index is 1250. The van der Waals surface area contributed by atoms with Crippen LogP contribution in [0.25, 0.3) is 22.3 Å². The van der Waals surface area contributed by atoms with Gasteiger partial charge in [0.15, 0.2) is 11.9 Å². The highest BCUT2D eigenvalue weighted by Gasteiger charge is 2.15. The maximum Gasteiger partial charge on any atom is 0.265 e. The van der Waals surface area contributed by atoms with Crippen molar-refractivity contribution in [1.82, 2.24) is 9.97 Å². The van der Waals surface area contributed by atoms with Crippen molar-refractivity contribution in [2.24, 2.45) is 0 Å². The molecule has 0 aliphatic heterocycles. The van der Waals surface area contributed by atoms with Crippen LogP contribution < -0.4 is 10.1 Å². The summed E-state index contributed by atoms with van der Waals surface area (Å²) in [6.45, 7) is 3.16. The van der Waals surface area contributed by atoms with Crippen LogP contribution in [0.1, 0.15) is 24.2 Å². The Morgan fingerprint density at radius 3 is 2.42 bits per heavy atom. The van der Waals surface area contributed by atoms with Crippen LogP contribution in [0.5, 0.6) is 5.75 Å². The van der Waals surface area contributed by atoms with E-state index in [1.165, 1.54) is 6.92 Å². The van der Waals surface area contributed by atoms with Gasteiger partial charge in [-0.25, -0.2) is 4.98 Å². The summed E-state index contributed by atoms with van der Waals surface area (Å²) >= 11 is 0. The molecule has 0 bridgehead atoms. The van der Waals surface area contributed by atoms with Gasteiger partial charge in [-0.1, -0.05) is 24.3 Å². The summed E-state index contributed by atoms with van der Waals surface area (Å²) in [5.74, 6) is 0.208. The van der Waals surface area contributed by atoms with Gasteiger partial charge in [-0.3, -0.25) is 14.6 Å². The van der Waals surface area contributed by atoms with Gasteiger partial charge in [0.1, 0.15) is 5.75 Å². The van der Waals surface area contributed by atoms with Crippen LogP contribution in [0.15, 0.2) is 79.0 Å². The fourth-order valence-corrected chi connectivity index (χ4v) is 3.12. The maximum atomic E-state index is 12.5. The van der Waals surface area contributed by atoms with Gasteiger partial charge in [0.2, 0.25) is 0 Å². The lowest BCUT2D eigenvalue weighted by atomic mass is 10.1. The molecule has 3 aromatic carbocycles. The molecule has 6 heteroatoms. The Morgan fingerprint density at radius 1 is 0.935 bits per heavy atom. The monoisotopic (exact) mass is 411 g/mol. The summed E-state index contributed by atoms with van der Waals surface area (Å²) in [5, 5.41) is 2.78. The zero-order valence-corrected chi connectivity index (χ0v) is 17.2. The number of fused-ring (bicyclic) bond motifs is 1. The summed E-state index contributed by atoms with van der Waals surface area (Å²) in [7, 11) is 0. The van der Waals surface area contributed by atoms with Crippen molar-refractivity contribution in [3.63, 3.8) is 0 Å². The number of ketones is 1. The molecule has 4 rings (SSSR count). The van der Waals surface area contributed by atoms with Crippen molar-refractivity contribution in [3.05, 3.63) is 84.6 Å². The van der Waals surface area contributed by atoms with Gasteiger partial charge in [0, 0.05) is 16.8 Å². The molecule has 1 atom stereocenters. The third kappa shape index (κ3) is 4.75. The number of benzene rings is 3. The number of Topliss-reactive ketones (excluding diaryl/α,β-unsaturated/α-hetero) is 1. The van der Waals surface area contributed by atoms with Crippen molar-refractivity contribution in [2.45, 2.75) is 20.0 Å². The van der Waals surface area contributed by atoms with Gasteiger partial charge in [-0.15, -0.1) is 0 Å². The maximum absolute atomic E-state index is 12.5. The minimum absolute atomic E-state index is 0.0587. The normalized spacial score (nSPS) is 11.7. The summed E-state index contributed by atoms with van der Waals surface area (Å²) in [4.78, 5) is 33.1. The first kappa shape index (κ1) is 20.2. The number of ether oxygens (including phenoxy) is 1. The summed E-state index contributed by atoms with van der Waals surface area (Å²) < 4.78 is 5.77. The van der Waals surface area contributed by atoms with Crippen LogP contribution in [-0.4, -0.2) is 27.8 Å². The van der Waals surface area contributed by atoms with E-state index in [1.54, 1.807) is 49.5 Å². The van der Waals surface area contributed by atoms with Gasteiger partial charge in [-0.05, 0) is 62.4 Å². The largest absolute Gasteiger partial charge is 0.481 e. The molecule has 0 unspecified atom stereocenters. The summed E-state index contributed by atoms with van der Waals surface area (Å²) in [6.07, 6.45) is 1.02. The van der Waals surface area contributed by atoms with Crippen molar-refractivity contribution < 1.29 is 14.3 Å². The highest BCUT2D eigenvalue weighted by atomic mass is 16.5. The molecule has 0 saturated heterocycles. The third-order valence-electron chi connectivity index (χ3n) is 4.82. The Hall–Kier alpha value is -4.06. The average Bonchev–Trinajstić information content (AvgIpc) is 2.79. The standard InChI is InChI=1S/C25H21N3O3/c1-16(29)19-6-5-7-20(14-19)27-25(30)17(2)31-21-12-10-18(11-13-21)24-15-26-22-8-3-4-9-23(22)28-24/h3-15,17H,1-2H3,(H,27,30)/t17-/m0/s1. The topological polar surface area (TPSA) is 81.2 Å². The number of hydrogen-bond acceptors (Lipinski definition) is 5. The van der Waals surface area contributed by atoms with Gasteiger partial charge >= 0.3 is 0 Å². The van der Waals surface area contributed by atoms with E-state index in [-0.39, 0.29) is 11.7 Å². The van der Waals surface area contributed by atoms with E-state index >= 15 is 0 Å². The molecule has 0 fully saturated rings. The molecule has 0 aliphatic carbocycles. The van der Waals surface area contributed by atoms with E-state index < -0.39 is 6.10 Å². The van der Waals surface area contributed by atoms with Crippen molar-refractivity contribution in [1.29, 1.82) is 0 Å². The predicted octanol–water partition coefficient (Wildman–Crippen LogP) is 4.91. The highest BCUT2D eigenvalue weighted by Crippen LogP contribution is 2.23. The zero-order valence-electron chi connectivity index (χ0n) is 17.2. The van der Waals surface area contributed by atoms with Crippen LogP contribution in [0.4, 0.5) is 5.69 Å². The first-order chi connectivity index (χ1) is 15.0. The molecular formula is C25H21N3O3. The van der Waals surface area contributed by atoms with Crippen LogP contribution in [0, 0.1) is 0 Å². The molecule has 0 saturated carbocycles. The number of carbonyl (C=O) groups excluding carboxylic acids is 2. The SMILES string of the molecule is CC(=O)c1cccc(NC(=O)[C@H](C)Oc2ccc(-c3cnc4ccccc4n3)cc2)c1.